The maximum absolute atomic E-state index is 13.9. The first-order valence-electron chi connectivity index (χ1n) is 6.57. The monoisotopic (exact) mass is 259 g/mol. The molecule has 18 heavy (non-hydrogen) atoms. The Morgan fingerprint density at radius 2 is 2.17 bits per heavy atom. The average molecular weight is 259 g/mol. The summed E-state index contributed by atoms with van der Waals surface area (Å²) in [5.41, 5.74) is 0. The van der Waals surface area contributed by atoms with Crippen molar-refractivity contribution in [1.29, 1.82) is 0 Å². The molecule has 2 unspecified atom stereocenters. The van der Waals surface area contributed by atoms with E-state index in [1.165, 1.54) is 0 Å². The molecule has 0 aromatic carbocycles. The summed E-state index contributed by atoms with van der Waals surface area (Å²) in [6, 6.07) is 0. The zero-order chi connectivity index (χ0) is 13.7. The number of carbonyl (C=O) groups is 2. The van der Waals surface area contributed by atoms with Gasteiger partial charge in [-0.3, -0.25) is 4.79 Å². The normalized spacial score (nSPS) is 22.8. The van der Waals surface area contributed by atoms with Crippen LogP contribution in [0.2, 0.25) is 0 Å². The van der Waals surface area contributed by atoms with E-state index in [9.17, 15) is 14.0 Å². The fourth-order valence-corrected chi connectivity index (χ4v) is 2.27. The van der Waals surface area contributed by atoms with Crippen LogP contribution in [-0.4, -0.2) is 36.2 Å². The molecule has 104 valence electrons. The topological polar surface area (TPSA) is 46.6 Å². The van der Waals surface area contributed by atoms with Gasteiger partial charge in [0, 0.05) is 13.0 Å². The molecule has 0 saturated carbocycles. The Morgan fingerprint density at radius 1 is 1.50 bits per heavy atom. The van der Waals surface area contributed by atoms with Gasteiger partial charge in [-0.25, -0.2) is 9.18 Å². The second kappa shape index (κ2) is 6.71. The van der Waals surface area contributed by atoms with Crippen molar-refractivity contribution < 1.29 is 18.7 Å². The number of hydrogen-bond acceptors (Lipinski definition) is 3. The summed E-state index contributed by atoms with van der Waals surface area (Å²) in [7, 11) is 0. The van der Waals surface area contributed by atoms with E-state index in [4.69, 9.17) is 0 Å². The van der Waals surface area contributed by atoms with E-state index in [1.807, 2.05) is 0 Å². The average Bonchev–Trinajstić information content (AvgIpc) is 2.50. The number of likely N-dealkylation sites (tertiary alicyclic amines) is 1. The van der Waals surface area contributed by atoms with Gasteiger partial charge in [0.25, 0.3) is 6.30 Å². The summed E-state index contributed by atoms with van der Waals surface area (Å²) >= 11 is 0. The van der Waals surface area contributed by atoms with Gasteiger partial charge in [-0.2, -0.15) is 0 Å². The maximum Gasteiger partial charge on any atom is 0.362 e. The van der Waals surface area contributed by atoms with Crippen LogP contribution in [0.15, 0.2) is 0 Å². The highest BCUT2D eigenvalue weighted by molar-refractivity contribution is 5.83. The number of nitrogens with zero attached hydrogens (tertiary/aromatic N) is 1. The van der Waals surface area contributed by atoms with Crippen LogP contribution < -0.4 is 0 Å². The molecule has 0 aromatic rings. The Bertz CT molecular complexity index is 307. The molecule has 5 heteroatoms. The quantitative estimate of drug-likeness (QED) is 0.574. The molecule has 2 atom stereocenters. The van der Waals surface area contributed by atoms with Crippen LogP contribution >= 0.6 is 0 Å². The zero-order valence-corrected chi connectivity index (χ0v) is 11.3. The Balaban J connectivity index is 2.65. The molecule has 0 aliphatic carbocycles. The van der Waals surface area contributed by atoms with Crippen LogP contribution in [0.25, 0.3) is 0 Å². The van der Waals surface area contributed by atoms with E-state index in [0.29, 0.717) is 24.8 Å². The molecule has 1 fully saturated rings. The highest BCUT2D eigenvalue weighted by Crippen LogP contribution is 2.26. The van der Waals surface area contributed by atoms with Crippen molar-refractivity contribution in [3.63, 3.8) is 0 Å². The van der Waals surface area contributed by atoms with Crippen LogP contribution in [0.3, 0.4) is 0 Å². The lowest BCUT2D eigenvalue weighted by molar-refractivity contribution is -0.162. The van der Waals surface area contributed by atoms with Crippen LogP contribution in [0.5, 0.6) is 0 Å². The van der Waals surface area contributed by atoms with Gasteiger partial charge < -0.3 is 9.64 Å². The highest BCUT2D eigenvalue weighted by Gasteiger charge is 2.33. The maximum atomic E-state index is 13.9. The van der Waals surface area contributed by atoms with E-state index >= 15 is 0 Å². The first-order chi connectivity index (χ1) is 8.47. The lowest BCUT2D eigenvalue weighted by Gasteiger charge is -2.23. The van der Waals surface area contributed by atoms with Crippen molar-refractivity contribution in [2.45, 2.75) is 46.3 Å². The van der Waals surface area contributed by atoms with Crippen molar-refractivity contribution in [3.8, 4) is 0 Å². The number of hydrogen-bond donors (Lipinski definition) is 0. The summed E-state index contributed by atoms with van der Waals surface area (Å²) in [6.45, 7) is 6.23. The van der Waals surface area contributed by atoms with E-state index < -0.39 is 12.3 Å². The van der Waals surface area contributed by atoms with Crippen molar-refractivity contribution in [2.24, 2.45) is 11.8 Å². The van der Waals surface area contributed by atoms with E-state index in [-0.39, 0.29) is 12.5 Å². The van der Waals surface area contributed by atoms with Crippen LogP contribution in [0, 0.1) is 11.8 Å². The Labute approximate surface area is 107 Å². The molecule has 1 amide bonds. The Hall–Kier alpha value is -1.13. The number of halogens is 1. The van der Waals surface area contributed by atoms with Crippen molar-refractivity contribution in [2.75, 3.05) is 13.2 Å². The van der Waals surface area contributed by atoms with Gasteiger partial charge in [0.05, 0.1) is 6.61 Å². The molecule has 0 aromatic heterocycles. The number of rotatable bonds is 4. The zero-order valence-electron chi connectivity index (χ0n) is 11.3. The van der Waals surface area contributed by atoms with Gasteiger partial charge in [0.1, 0.15) is 0 Å². The molecule has 0 bridgehead atoms. The second-order valence-corrected chi connectivity index (χ2v) is 5.01. The fourth-order valence-electron chi connectivity index (χ4n) is 2.27. The van der Waals surface area contributed by atoms with Gasteiger partial charge in [-0.15, -0.1) is 0 Å². The third kappa shape index (κ3) is 3.68. The van der Waals surface area contributed by atoms with Gasteiger partial charge >= 0.3 is 5.97 Å². The predicted molar refractivity (Wildman–Crippen MR) is 65.4 cm³/mol. The van der Waals surface area contributed by atoms with Crippen molar-refractivity contribution in [1.82, 2.24) is 4.90 Å². The summed E-state index contributed by atoms with van der Waals surface area (Å²) in [4.78, 5) is 24.1. The van der Waals surface area contributed by atoms with Crippen LogP contribution in [0.4, 0.5) is 4.39 Å². The summed E-state index contributed by atoms with van der Waals surface area (Å²) in [5, 5.41) is 0. The minimum absolute atomic E-state index is 0.121. The SMILES string of the molecule is CCOC(=O)C(F)N1CCC(C(C)C)CCC1=O. The molecule has 0 spiro atoms. The van der Waals surface area contributed by atoms with Crippen LogP contribution in [-0.2, 0) is 14.3 Å². The Kier molecular flexibility index (Phi) is 5.56. The van der Waals surface area contributed by atoms with Gasteiger partial charge in [0.2, 0.25) is 5.91 Å². The standard InChI is InChI=1S/C13H22FNO3/c1-4-18-13(17)12(14)15-8-7-10(9(2)3)5-6-11(15)16/h9-10,12H,4-8H2,1-3H3. The minimum Gasteiger partial charge on any atom is -0.462 e. The van der Waals surface area contributed by atoms with Gasteiger partial charge in [0.15, 0.2) is 0 Å². The summed E-state index contributed by atoms with van der Waals surface area (Å²) in [5.74, 6) is -0.376. The summed E-state index contributed by atoms with van der Waals surface area (Å²) < 4.78 is 18.5. The molecular weight excluding hydrogens is 237 g/mol. The third-order valence-electron chi connectivity index (χ3n) is 3.49. The summed E-state index contributed by atoms with van der Waals surface area (Å²) in [6.07, 6.45) is -0.141. The van der Waals surface area contributed by atoms with E-state index in [2.05, 4.69) is 18.6 Å². The molecule has 1 aliphatic rings. The molecule has 1 heterocycles. The Morgan fingerprint density at radius 3 is 2.72 bits per heavy atom. The first-order valence-corrected chi connectivity index (χ1v) is 6.57. The lowest BCUT2D eigenvalue weighted by atomic mass is 9.89. The molecule has 0 N–H and O–H groups in total. The fraction of sp³-hybridized carbons (Fsp3) is 0.846. The van der Waals surface area contributed by atoms with Crippen LogP contribution in [0.1, 0.15) is 40.0 Å². The largest absolute Gasteiger partial charge is 0.462 e. The second-order valence-electron chi connectivity index (χ2n) is 5.01. The first kappa shape index (κ1) is 14.9. The number of ether oxygens (including phenoxy) is 1. The predicted octanol–water partition coefficient (Wildman–Crippen LogP) is 2.13. The molecule has 0 radical (unpaired) electrons. The van der Waals surface area contributed by atoms with Crippen molar-refractivity contribution in [3.05, 3.63) is 0 Å². The third-order valence-corrected chi connectivity index (χ3v) is 3.49. The molecular formula is C13H22FNO3. The molecule has 1 rings (SSSR count). The van der Waals surface area contributed by atoms with Gasteiger partial charge in [-0.1, -0.05) is 13.8 Å². The minimum atomic E-state index is -1.96. The number of esters is 1. The molecule has 4 nitrogen and oxygen atoms in total. The highest BCUT2D eigenvalue weighted by atomic mass is 19.1. The van der Waals surface area contributed by atoms with E-state index in [0.717, 1.165) is 17.7 Å². The lowest BCUT2D eigenvalue weighted by Crippen LogP contribution is -2.43. The molecule has 1 saturated heterocycles. The molecule has 1 aliphatic heterocycles. The smallest absolute Gasteiger partial charge is 0.362 e. The number of carbonyl (C=O) groups excluding carboxylic acids is 2. The number of amides is 1. The van der Waals surface area contributed by atoms with E-state index in [1.54, 1.807) is 6.92 Å². The van der Waals surface area contributed by atoms with Crippen molar-refractivity contribution >= 4 is 11.9 Å². The number of alkyl halides is 1. The van der Waals surface area contributed by atoms with Gasteiger partial charge in [-0.05, 0) is 31.6 Å².